The van der Waals surface area contributed by atoms with Crippen LogP contribution in [-0.2, 0) is 19.3 Å². The smallest absolute Gasteiger partial charge is 0.0461 e. The van der Waals surface area contributed by atoms with Crippen LogP contribution in [0.1, 0.15) is 172 Å². The average molecular weight is 624 g/mol. The van der Waals surface area contributed by atoms with E-state index in [1.165, 1.54) is 188 Å². The van der Waals surface area contributed by atoms with Crippen LogP contribution in [0.2, 0.25) is 0 Å². The zero-order valence-electron chi connectivity index (χ0n) is 30.3. The van der Waals surface area contributed by atoms with Crippen LogP contribution < -0.4 is 4.90 Å². The first-order valence-corrected chi connectivity index (χ1v) is 19.8. The first-order valence-electron chi connectivity index (χ1n) is 19.8. The minimum Gasteiger partial charge on any atom is -0.311 e. The Hall–Kier alpha value is -2.54. The minimum atomic E-state index is 1.19. The molecule has 3 aromatic carbocycles. The summed E-state index contributed by atoms with van der Waals surface area (Å²) in [5.74, 6) is 0. The second-order valence-electron chi connectivity index (χ2n) is 13.9. The van der Waals surface area contributed by atoms with E-state index in [9.17, 15) is 0 Å². The molecule has 0 spiro atoms. The van der Waals surface area contributed by atoms with Crippen molar-refractivity contribution >= 4 is 17.1 Å². The summed E-state index contributed by atoms with van der Waals surface area (Å²) < 4.78 is 0. The Kier molecular flexibility index (Phi) is 20.3. The highest BCUT2D eigenvalue weighted by Crippen LogP contribution is 2.35. The Morgan fingerprint density at radius 1 is 0.283 bits per heavy atom. The van der Waals surface area contributed by atoms with Gasteiger partial charge in [-0.25, -0.2) is 0 Å². The van der Waals surface area contributed by atoms with Gasteiger partial charge in [0.25, 0.3) is 0 Å². The van der Waals surface area contributed by atoms with Crippen molar-refractivity contribution in [2.24, 2.45) is 0 Å². The molecule has 0 fully saturated rings. The van der Waals surface area contributed by atoms with Crippen molar-refractivity contribution in [3.63, 3.8) is 0 Å². The topological polar surface area (TPSA) is 3.24 Å². The molecule has 0 atom stereocenters. The van der Waals surface area contributed by atoms with Gasteiger partial charge in [-0.05, 0) is 91.6 Å². The summed E-state index contributed by atoms with van der Waals surface area (Å²) in [6.07, 6.45) is 32.3. The lowest BCUT2D eigenvalue weighted by molar-refractivity contribution is 0.589. The summed E-state index contributed by atoms with van der Waals surface area (Å²) in [6.45, 7) is 6.89. The van der Waals surface area contributed by atoms with Gasteiger partial charge in [0.15, 0.2) is 0 Å². The maximum atomic E-state index is 2.45. The van der Waals surface area contributed by atoms with Gasteiger partial charge < -0.3 is 4.90 Å². The van der Waals surface area contributed by atoms with Crippen LogP contribution in [0, 0.1) is 0 Å². The molecule has 1 nitrogen and oxygen atoms in total. The van der Waals surface area contributed by atoms with Crippen LogP contribution in [0.15, 0.2) is 72.8 Å². The molecule has 3 rings (SSSR count). The highest BCUT2D eigenvalue weighted by molar-refractivity contribution is 5.76. The van der Waals surface area contributed by atoms with Crippen LogP contribution in [0.3, 0.4) is 0 Å². The molecule has 0 saturated carbocycles. The zero-order chi connectivity index (χ0) is 32.5. The van der Waals surface area contributed by atoms with E-state index in [-0.39, 0.29) is 0 Å². The van der Waals surface area contributed by atoms with Gasteiger partial charge in [0.2, 0.25) is 0 Å². The average Bonchev–Trinajstić information content (AvgIpc) is 3.09. The third-order valence-corrected chi connectivity index (χ3v) is 9.79. The number of nitrogens with zero attached hydrogens (tertiary/aromatic N) is 1. The second kappa shape index (κ2) is 24.6. The molecular formula is C45H69N. The molecule has 0 N–H and O–H groups in total. The Morgan fingerprint density at radius 3 is 0.739 bits per heavy atom. The first kappa shape index (κ1) is 37.9. The monoisotopic (exact) mass is 624 g/mol. The van der Waals surface area contributed by atoms with Crippen LogP contribution in [0.25, 0.3) is 0 Å². The van der Waals surface area contributed by atoms with Crippen molar-refractivity contribution in [1.82, 2.24) is 0 Å². The third-order valence-electron chi connectivity index (χ3n) is 9.79. The fourth-order valence-electron chi connectivity index (χ4n) is 6.74. The van der Waals surface area contributed by atoms with Crippen molar-refractivity contribution < 1.29 is 0 Å². The lowest BCUT2D eigenvalue weighted by Crippen LogP contribution is -2.10. The predicted octanol–water partition coefficient (Wildman–Crippen LogP) is 15.0. The molecular weight excluding hydrogens is 555 g/mol. The van der Waals surface area contributed by atoms with Gasteiger partial charge in [0, 0.05) is 17.1 Å². The predicted molar refractivity (Wildman–Crippen MR) is 206 cm³/mol. The summed E-state index contributed by atoms with van der Waals surface area (Å²) >= 11 is 0. The molecule has 0 aliphatic carbocycles. The molecule has 3 aromatic rings. The Labute approximate surface area is 285 Å². The molecule has 0 heterocycles. The molecule has 0 unspecified atom stereocenters. The molecule has 0 aliphatic heterocycles. The summed E-state index contributed by atoms with van der Waals surface area (Å²) in [7, 11) is 0. The van der Waals surface area contributed by atoms with Crippen molar-refractivity contribution in [2.75, 3.05) is 4.90 Å². The molecule has 0 aliphatic rings. The lowest BCUT2D eigenvalue weighted by atomic mass is 10.0. The summed E-state index contributed by atoms with van der Waals surface area (Å²) in [4.78, 5) is 2.45. The Bertz CT molecular complexity index is 965. The largest absolute Gasteiger partial charge is 0.311 e. The fourth-order valence-corrected chi connectivity index (χ4v) is 6.74. The zero-order valence-corrected chi connectivity index (χ0v) is 30.3. The lowest BCUT2D eigenvalue weighted by Gasteiger charge is -2.26. The number of unbranched alkanes of at least 4 members (excludes halogenated alkanes) is 18. The number of aryl methyl sites for hydroxylation is 3. The molecule has 1 heteroatoms. The van der Waals surface area contributed by atoms with E-state index < -0.39 is 0 Å². The molecule has 254 valence electrons. The molecule has 0 amide bonds. The minimum absolute atomic E-state index is 1.19. The summed E-state index contributed by atoms with van der Waals surface area (Å²) in [6, 6.07) is 28.2. The standard InChI is InChI=1S/C45H69N/c1-4-7-10-13-16-19-22-25-40-28-34-43(35-29-40)46(44-36-30-41(31-37-44)26-23-20-17-14-11-8-5-2)45-38-32-42(33-39-45)27-24-21-18-15-12-9-6-3/h28-39H,4-27H2,1-3H3. The van der Waals surface area contributed by atoms with Crippen LogP contribution in [0.5, 0.6) is 0 Å². The van der Waals surface area contributed by atoms with E-state index in [1.807, 2.05) is 0 Å². The molecule has 46 heavy (non-hydrogen) atoms. The highest BCUT2D eigenvalue weighted by Gasteiger charge is 2.13. The van der Waals surface area contributed by atoms with Crippen molar-refractivity contribution in [2.45, 2.75) is 175 Å². The third kappa shape index (κ3) is 15.4. The number of hydrogen-bond donors (Lipinski definition) is 0. The number of benzene rings is 3. The van der Waals surface area contributed by atoms with E-state index in [0.717, 1.165) is 0 Å². The fraction of sp³-hybridized carbons (Fsp3) is 0.600. The van der Waals surface area contributed by atoms with Gasteiger partial charge in [0.1, 0.15) is 0 Å². The van der Waals surface area contributed by atoms with Crippen molar-refractivity contribution in [1.29, 1.82) is 0 Å². The Morgan fingerprint density at radius 2 is 0.500 bits per heavy atom. The van der Waals surface area contributed by atoms with E-state index in [1.54, 1.807) is 0 Å². The van der Waals surface area contributed by atoms with Gasteiger partial charge in [-0.2, -0.15) is 0 Å². The highest BCUT2D eigenvalue weighted by atomic mass is 15.1. The normalized spacial score (nSPS) is 11.3. The Balaban J connectivity index is 1.62. The van der Waals surface area contributed by atoms with E-state index in [2.05, 4.69) is 98.5 Å². The maximum absolute atomic E-state index is 2.45. The van der Waals surface area contributed by atoms with Crippen LogP contribution >= 0.6 is 0 Å². The second-order valence-corrected chi connectivity index (χ2v) is 13.9. The van der Waals surface area contributed by atoms with E-state index >= 15 is 0 Å². The van der Waals surface area contributed by atoms with E-state index in [4.69, 9.17) is 0 Å². The molecule has 0 radical (unpaired) electrons. The van der Waals surface area contributed by atoms with Crippen LogP contribution in [0.4, 0.5) is 17.1 Å². The van der Waals surface area contributed by atoms with Gasteiger partial charge >= 0.3 is 0 Å². The molecule has 0 saturated heterocycles. The van der Waals surface area contributed by atoms with Crippen LogP contribution in [-0.4, -0.2) is 0 Å². The number of rotatable bonds is 27. The SMILES string of the molecule is CCCCCCCCCc1ccc(N(c2ccc(CCCCCCCCC)cc2)c2ccc(CCCCCCCCC)cc2)cc1. The van der Waals surface area contributed by atoms with Gasteiger partial charge in [-0.3, -0.25) is 0 Å². The number of anilines is 3. The van der Waals surface area contributed by atoms with Gasteiger partial charge in [-0.1, -0.05) is 173 Å². The summed E-state index contributed by atoms with van der Waals surface area (Å²) in [5, 5.41) is 0. The molecule has 0 bridgehead atoms. The maximum Gasteiger partial charge on any atom is 0.0461 e. The van der Waals surface area contributed by atoms with Gasteiger partial charge in [0.05, 0.1) is 0 Å². The quantitative estimate of drug-likeness (QED) is 0.0764. The number of hydrogen-bond acceptors (Lipinski definition) is 1. The van der Waals surface area contributed by atoms with Gasteiger partial charge in [-0.15, -0.1) is 0 Å². The summed E-state index contributed by atoms with van der Waals surface area (Å²) in [5.41, 5.74) is 8.15. The first-order chi connectivity index (χ1) is 22.7. The van der Waals surface area contributed by atoms with Crippen molar-refractivity contribution in [3.8, 4) is 0 Å². The van der Waals surface area contributed by atoms with Crippen molar-refractivity contribution in [3.05, 3.63) is 89.5 Å². The van der Waals surface area contributed by atoms with E-state index in [0.29, 0.717) is 0 Å². The molecule has 0 aromatic heterocycles.